The van der Waals surface area contributed by atoms with Crippen LogP contribution >= 0.6 is 0 Å². The average molecular weight is 390 g/mol. The third kappa shape index (κ3) is 5.59. The number of aromatic nitrogens is 1. The van der Waals surface area contributed by atoms with Gasteiger partial charge >= 0.3 is 5.97 Å². The molecule has 0 spiro atoms. The standard InChI is InChI=1S/C23H19FN2O3/c1-2-29-22(27)13-12-16-6-3-9-19(14-16)25-23(28)21-11-5-10-20(26-21)17-7-4-8-18(24)15-17/h3-15H,2H2,1H3,(H,25,28)/b13-12+. The van der Waals surface area contributed by atoms with Crippen LogP contribution in [-0.2, 0) is 9.53 Å². The highest BCUT2D eigenvalue weighted by Gasteiger charge is 2.10. The summed E-state index contributed by atoms with van der Waals surface area (Å²) in [5.74, 6) is -1.19. The van der Waals surface area contributed by atoms with Gasteiger partial charge in [-0.2, -0.15) is 0 Å². The lowest BCUT2D eigenvalue weighted by molar-refractivity contribution is -0.137. The van der Waals surface area contributed by atoms with Crippen molar-refractivity contribution in [2.24, 2.45) is 0 Å². The Morgan fingerprint density at radius 1 is 1.07 bits per heavy atom. The molecule has 0 unspecified atom stereocenters. The Morgan fingerprint density at radius 3 is 2.66 bits per heavy atom. The van der Waals surface area contributed by atoms with Gasteiger partial charge < -0.3 is 10.1 Å². The Bertz CT molecular complexity index is 1060. The number of hydrogen-bond donors (Lipinski definition) is 1. The van der Waals surface area contributed by atoms with E-state index in [0.29, 0.717) is 23.6 Å². The van der Waals surface area contributed by atoms with Crippen LogP contribution < -0.4 is 5.32 Å². The molecule has 0 radical (unpaired) electrons. The number of hydrogen-bond acceptors (Lipinski definition) is 4. The first kappa shape index (κ1) is 19.9. The van der Waals surface area contributed by atoms with Crippen LogP contribution in [0.4, 0.5) is 10.1 Å². The number of carbonyl (C=O) groups excluding carboxylic acids is 2. The fraction of sp³-hybridized carbons (Fsp3) is 0.0870. The average Bonchev–Trinajstić information content (AvgIpc) is 2.73. The van der Waals surface area contributed by atoms with Crippen LogP contribution in [0, 0.1) is 5.82 Å². The maximum atomic E-state index is 13.5. The lowest BCUT2D eigenvalue weighted by Crippen LogP contribution is -2.14. The largest absolute Gasteiger partial charge is 0.463 e. The number of amides is 1. The van der Waals surface area contributed by atoms with Gasteiger partial charge in [-0.25, -0.2) is 14.2 Å². The van der Waals surface area contributed by atoms with Gasteiger partial charge in [0, 0.05) is 17.3 Å². The summed E-state index contributed by atoms with van der Waals surface area (Å²) in [6, 6.07) is 18.1. The summed E-state index contributed by atoms with van der Waals surface area (Å²) in [6.45, 7) is 2.04. The van der Waals surface area contributed by atoms with E-state index in [1.54, 1.807) is 67.6 Å². The van der Waals surface area contributed by atoms with Crippen LogP contribution in [0.15, 0.2) is 72.8 Å². The summed E-state index contributed by atoms with van der Waals surface area (Å²) in [5.41, 5.74) is 2.59. The Labute approximate surface area is 167 Å². The molecule has 29 heavy (non-hydrogen) atoms. The van der Waals surface area contributed by atoms with Crippen molar-refractivity contribution in [3.63, 3.8) is 0 Å². The minimum atomic E-state index is -0.430. The quantitative estimate of drug-likeness (QED) is 0.489. The maximum Gasteiger partial charge on any atom is 0.330 e. The van der Waals surface area contributed by atoms with Gasteiger partial charge in [0.25, 0.3) is 5.91 Å². The van der Waals surface area contributed by atoms with Gasteiger partial charge in [0.05, 0.1) is 12.3 Å². The van der Waals surface area contributed by atoms with E-state index >= 15 is 0 Å². The number of nitrogens with zero attached hydrogens (tertiary/aromatic N) is 1. The summed E-state index contributed by atoms with van der Waals surface area (Å²) < 4.78 is 18.3. The second-order valence-electron chi connectivity index (χ2n) is 6.08. The van der Waals surface area contributed by atoms with Crippen molar-refractivity contribution in [3.8, 4) is 11.3 Å². The molecule has 0 aliphatic heterocycles. The number of carbonyl (C=O) groups is 2. The SMILES string of the molecule is CCOC(=O)/C=C/c1cccc(NC(=O)c2cccc(-c3cccc(F)c3)n2)c1. The Balaban J connectivity index is 1.75. The number of pyridine rings is 1. The fourth-order valence-electron chi connectivity index (χ4n) is 2.64. The monoisotopic (exact) mass is 390 g/mol. The normalized spacial score (nSPS) is 10.7. The first-order valence-corrected chi connectivity index (χ1v) is 9.04. The van der Waals surface area contributed by atoms with E-state index in [-0.39, 0.29) is 11.5 Å². The molecule has 0 fully saturated rings. The van der Waals surface area contributed by atoms with Gasteiger partial charge in [-0.15, -0.1) is 0 Å². The van der Waals surface area contributed by atoms with Crippen LogP contribution in [-0.4, -0.2) is 23.5 Å². The Morgan fingerprint density at radius 2 is 1.86 bits per heavy atom. The zero-order valence-electron chi connectivity index (χ0n) is 15.8. The molecule has 0 saturated heterocycles. The zero-order chi connectivity index (χ0) is 20.6. The topological polar surface area (TPSA) is 68.3 Å². The van der Waals surface area contributed by atoms with E-state index in [9.17, 15) is 14.0 Å². The van der Waals surface area contributed by atoms with Crippen LogP contribution in [0.3, 0.4) is 0 Å². The number of halogens is 1. The van der Waals surface area contributed by atoms with Crippen molar-refractivity contribution in [1.29, 1.82) is 0 Å². The van der Waals surface area contributed by atoms with Crippen LogP contribution in [0.2, 0.25) is 0 Å². The summed E-state index contributed by atoms with van der Waals surface area (Å²) in [6.07, 6.45) is 2.94. The number of ether oxygens (including phenoxy) is 1. The Hall–Kier alpha value is -3.80. The molecular formula is C23H19FN2O3. The summed E-state index contributed by atoms with van der Waals surface area (Å²) in [5, 5.41) is 2.78. The van der Waals surface area contributed by atoms with Crippen molar-refractivity contribution < 1.29 is 18.7 Å². The van der Waals surface area contributed by atoms with Gasteiger partial charge in [0.15, 0.2) is 0 Å². The highest BCUT2D eigenvalue weighted by Crippen LogP contribution is 2.19. The number of rotatable bonds is 6. The molecule has 0 bridgehead atoms. The molecular weight excluding hydrogens is 371 g/mol. The zero-order valence-corrected chi connectivity index (χ0v) is 15.8. The molecule has 0 aliphatic carbocycles. The smallest absolute Gasteiger partial charge is 0.330 e. The molecule has 6 heteroatoms. The molecule has 3 rings (SSSR count). The molecule has 1 amide bonds. The van der Waals surface area contributed by atoms with Gasteiger partial charge in [-0.05, 0) is 55.0 Å². The highest BCUT2D eigenvalue weighted by molar-refractivity contribution is 6.03. The van der Waals surface area contributed by atoms with Gasteiger partial charge in [0.2, 0.25) is 0 Å². The van der Waals surface area contributed by atoms with E-state index in [2.05, 4.69) is 10.3 Å². The van der Waals surface area contributed by atoms with Crippen molar-refractivity contribution in [2.75, 3.05) is 11.9 Å². The molecule has 0 aliphatic rings. The molecule has 5 nitrogen and oxygen atoms in total. The van der Waals surface area contributed by atoms with E-state index < -0.39 is 11.9 Å². The predicted molar refractivity (Wildman–Crippen MR) is 110 cm³/mol. The number of esters is 1. The fourth-order valence-corrected chi connectivity index (χ4v) is 2.64. The first-order valence-electron chi connectivity index (χ1n) is 9.04. The van der Waals surface area contributed by atoms with Crippen LogP contribution in [0.25, 0.3) is 17.3 Å². The molecule has 2 aromatic carbocycles. The molecule has 3 aromatic rings. The van der Waals surface area contributed by atoms with Crippen molar-refractivity contribution in [3.05, 3.63) is 89.9 Å². The molecule has 146 valence electrons. The second kappa shape index (κ2) is 9.41. The van der Waals surface area contributed by atoms with Crippen LogP contribution in [0.5, 0.6) is 0 Å². The van der Waals surface area contributed by atoms with E-state index in [1.165, 1.54) is 18.2 Å². The first-order chi connectivity index (χ1) is 14.0. The van der Waals surface area contributed by atoms with Gasteiger partial charge in [-0.3, -0.25) is 4.79 Å². The Kier molecular flexibility index (Phi) is 6.47. The van der Waals surface area contributed by atoms with E-state index in [4.69, 9.17) is 4.74 Å². The summed E-state index contributed by atoms with van der Waals surface area (Å²) >= 11 is 0. The lowest BCUT2D eigenvalue weighted by Gasteiger charge is -2.07. The second-order valence-corrected chi connectivity index (χ2v) is 6.08. The summed E-state index contributed by atoms with van der Waals surface area (Å²) in [7, 11) is 0. The minimum Gasteiger partial charge on any atom is -0.463 e. The van der Waals surface area contributed by atoms with E-state index in [0.717, 1.165) is 5.56 Å². The number of benzene rings is 2. The third-order valence-electron chi connectivity index (χ3n) is 3.95. The van der Waals surface area contributed by atoms with Crippen molar-refractivity contribution >= 4 is 23.6 Å². The molecule has 1 aromatic heterocycles. The predicted octanol–water partition coefficient (Wildman–Crippen LogP) is 4.72. The minimum absolute atomic E-state index is 0.208. The van der Waals surface area contributed by atoms with E-state index in [1.807, 2.05) is 0 Å². The molecule has 1 heterocycles. The number of nitrogens with one attached hydrogen (secondary N) is 1. The third-order valence-corrected chi connectivity index (χ3v) is 3.95. The summed E-state index contributed by atoms with van der Waals surface area (Å²) in [4.78, 5) is 28.3. The van der Waals surface area contributed by atoms with Gasteiger partial charge in [-0.1, -0.05) is 30.3 Å². The highest BCUT2D eigenvalue weighted by atomic mass is 19.1. The van der Waals surface area contributed by atoms with Gasteiger partial charge in [0.1, 0.15) is 11.5 Å². The van der Waals surface area contributed by atoms with Crippen LogP contribution in [0.1, 0.15) is 23.0 Å². The maximum absolute atomic E-state index is 13.5. The lowest BCUT2D eigenvalue weighted by atomic mass is 10.1. The molecule has 1 N–H and O–H groups in total. The molecule has 0 atom stereocenters. The van der Waals surface area contributed by atoms with Crippen molar-refractivity contribution in [1.82, 2.24) is 4.98 Å². The van der Waals surface area contributed by atoms with Crippen molar-refractivity contribution in [2.45, 2.75) is 6.92 Å². The molecule has 0 saturated carbocycles. The number of anilines is 1.